The lowest BCUT2D eigenvalue weighted by atomic mass is 10.0. The quantitative estimate of drug-likeness (QED) is 0.909. The lowest BCUT2D eigenvalue weighted by Crippen LogP contribution is -2.44. The predicted octanol–water partition coefficient (Wildman–Crippen LogP) is 2.16. The van der Waals surface area contributed by atoms with Crippen LogP contribution < -0.4 is 10.6 Å². The summed E-state index contributed by atoms with van der Waals surface area (Å²) in [6.45, 7) is 12.3. The first-order valence-corrected chi connectivity index (χ1v) is 8.73. The molecule has 2 fully saturated rings. The number of aromatic nitrogens is 2. The Kier molecular flexibility index (Phi) is 3.14. The Balaban J connectivity index is 1.64. The highest BCUT2D eigenvalue weighted by atomic mass is 16.2. The number of nitrogens with one attached hydrogen (secondary N) is 2. The molecule has 24 heavy (non-hydrogen) atoms. The fourth-order valence-electron chi connectivity index (χ4n) is 4.63. The van der Waals surface area contributed by atoms with E-state index < -0.39 is 5.54 Å². The van der Waals surface area contributed by atoms with Crippen LogP contribution in [0.4, 0.5) is 0 Å². The second-order valence-corrected chi connectivity index (χ2v) is 8.27. The van der Waals surface area contributed by atoms with E-state index in [2.05, 4.69) is 34.9 Å². The van der Waals surface area contributed by atoms with Gasteiger partial charge in [0.05, 0.1) is 16.7 Å². The maximum absolute atomic E-state index is 12.8. The third-order valence-electron chi connectivity index (χ3n) is 6.04. The molecule has 2 aromatic rings. The minimum Gasteiger partial charge on any atom is -0.344 e. The molecule has 5 nitrogen and oxygen atoms in total. The van der Waals surface area contributed by atoms with Crippen LogP contribution in [0.25, 0.3) is 5.52 Å². The number of carbonyl (C=O) groups is 1. The fourth-order valence-corrected chi connectivity index (χ4v) is 4.63. The molecule has 1 aliphatic carbocycles. The van der Waals surface area contributed by atoms with Gasteiger partial charge in [0, 0.05) is 18.7 Å². The summed E-state index contributed by atoms with van der Waals surface area (Å²) in [6.07, 6.45) is 2.03. The third kappa shape index (κ3) is 2.04. The number of imidazole rings is 1. The number of hydrogen-bond donors (Lipinski definition) is 2. The standard InChI is InChI=1S/C19H26N4O/c1-11-7-6-8-23-15(11)12(2)21-17(23)18(3,4)22-16(24)14-13-9-20-10-19(13,14)5/h6-8,13-14,20H,9-10H2,1-5H3,(H,22,24). The van der Waals surface area contributed by atoms with Gasteiger partial charge in [0.2, 0.25) is 5.91 Å². The van der Waals surface area contributed by atoms with Gasteiger partial charge in [-0.25, -0.2) is 4.98 Å². The van der Waals surface area contributed by atoms with Crippen molar-refractivity contribution in [1.82, 2.24) is 20.0 Å². The van der Waals surface area contributed by atoms with E-state index in [0.717, 1.165) is 30.1 Å². The van der Waals surface area contributed by atoms with Crippen molar-refractivity contribution >= 4 is 11.4 Å². The normalized spacial score (nSPS) is 28.9. The summed E-state index contributed by atoms with van der Waals surface area (Å²) in [7, 11) is 0. The van der Waals surface area contributed by atoms with E-state index in [1.807, 2.05) is 33.0 Å². The van der Waals surface area contributed by atoms with Gasteiger partial charge in [-0.3, -0.25) is 4.79 Å². The number of fused-ring (bicyclic) bond motifs is 2. The van der Waals surface area contributed by atoms with Gasteiger partial charge in [0.15, 0.2) is 0 Å². The van der Waals surface area contributed by atoms with Crippen LogP contribution >= 0.6 is 0 Å². The van der Waals surface area contributed by atoms with Gasteiger partial charge in [-0.05, 0) is 57.2 Å². The van der Waals surface area contributed by atoms with Crippen LogP contribution in [0.5, 0.6) is 0 Å². The summed E-state index contributed by atoms with van der Waals surface area (Å²) < 4.78 is 2.11. The summed E-state index contributed by atoms with van der Waals surface area (Å²) >= 11 is 0. The molecular formula is C19H26N4O. The van der Waals surface area contributed by atoms with E-state index in [-0.39, 0.29) is 17.2 Å². The first kappa shape index (κ1) is 15.6. The summed E-state index contributed by atoms with van der Waals surface area (Å²) in [5.41, 5.74) is 2.97. The Hall–Kier alpha value is -1.88. The van der Waals surface area contributed by atoms with Crippen molar-refractivity contribution in [1.29, 1.82) is 0 Å². The van der Waals surface area contributed by atoms with Crippen LogP contribution in [0.1, 0.15) is 37.9 Å². The molecule has 3 heterocycles. The second-order valence-electron chi connectivity index (χ2n) is 8.27. The summed E-state index contributed by atoms with van der Waals surface area (Å²) in [4.78, 5) is 17.6. The molecule has 0 aromatic carbocycles. The van der Waals surface area contributed by atoms with Crippen molar-refractivity contribution in [2.24, 2.45) is 17.3 Å². The molecule has 0 radical (unpaired) electrons. The molecule has 1 amide bonds. The van der Waals surface area contributed by atoms with E-state index in [9.17, 15) is 4.79 Å². The molecular weight excluding hydrogens is 300 g/mol. The number of aryl methyl sites for hydroxylation is 2. The Bertz CT molecular complexity index is 837. The SMILES string of the molecule is Cc1cccn2c(C(C)(C)NC(=O)C3C4CNCC43C)nc(C)c12. The molecule has 4 rings (SSSR count). The zero-order chi connectivity index (χ0) is 17.3. The number of hydrogen-bond acceptors (Lipinski definition) is 3. The molecule has 2 N–H and O–H groups in total. The number of amides is 1. The number of piperidine rings is 1. The molecule has 1 saturated heterocycles. The molecule has 0 spiro atoms. The summed E-state index contributed by atoms with van der Waals surface area (Å²) in [6, 6.07) is 4.13. The van der Waals surface area contributed by atoms with Crippen molar-refractivity contribution < 1.29 is 4.79 Å². The molecule has 3 unspecified atom stereocenters. The van der Waals surface area contributed by atoms with E-state index in [1.165, 1.54) is 5.56 Å². The first-order valence-electron chi connectivity index (χ1n) is 8.73. The van der Waals surface area contributed by atoms with Crippen molar-refractivity contribution in [2.45, 2.75) is 40.2 Å². The Morgan fingerprint density at radius 2 is 2.21 bits per heavy atom. The smallest absolute Gasteiger partial charge is 0.224 e. The molecule has 5 heteroatoms. The summed E-state index contributed by atoms with van der Waals surface area (Å²) in [5.74, 6) is 1.67. The average molecular weight is 326 g/mol. The van der Waals surface area contributed by atoms with Crippen molar-refractivity contribution in [3.05, 3.63) is 35.4 Å². The average Bonchev–Trinajstić information content (AvgIpc) is 2.79. The fraction of sp³-hybridized carbons (Fsp3) is 0.579. The molecule has 1 aliphatic heterocycles. The molecule has 3 atom stereocenters. The Morgan fingerprint density at radius 1 is 1.46 bits per heavy atom. The van der Waals surface area contributed by atoms with Gasteiger partial charge in [0.25, 0.3) is 0 Å². The highest BCUT2D eigenvalue weighted by Crippen LogP contribution is 2.60. The zero-order valence-corrected chi connectivity index (χ0v) is 15.1. The molecule has 2 aliphatic rings. The van der Waals surface area contributed by atoms with E-state index >= 15 is 0 Å². The van der Waals surface area contributed by atoms with E-state index in [1.54, 1.807) is 0 Å². The van der Waals surface area contributed by atoms with E-state index in [4.69, 9.17) is 4.98 Å². The maximum Gasteiger partial charge on any atom is 0.224 e. The van der Waals surface area contributed by atoms with Gasteiger partial charge in [-0.2, -0.15) is 0 Å². The third-order valence-corrected chi connectivity index (χ3v) is 6.04. The van der Waals surface area contributed by atoms with Crippen LogP contribution in [0.2, 0.25) is 0 Å². The van der Waals surface area contributed by atoms with Crippen LogP contribution in [-0.4, -0.2) is 28.4 Å². The predicted molar refractivity (Wildman–Crippen MR) is 93.8 cm³/mol. The number of pyridine rings is 1. The van der Waals surface area contributed by atoms with Crippen LogP contribution in [0.15, 0.2) is 18.3 Å². The van der Waals surface area contributed by atoms with Gasteiger partial charge in [0.1, 0.15) is 5.82 Å². The van der Waals surface area contributed by atoms with Crippen molar-refractivity contribution in [3.8, 4) is 0 Å². The maximum atomic E-state index is 12.8. The van der Waals surface area contributed by atoms with Crippen LogP contribution in [-0.2, 0) is 10.3 Å². The van der Waals surface area contributed by atoms with Crippen molar-refractivity contribution in [3.63, 3.8) is 0 Å². The molecule has 1 saturated carbocycles. The minimum absolute atomic E-state index is 0.132. The van der Waals surface area contributed by atoms with Crippen molar-refractivity contribution in [2.75, 3.05) is 13.1 Å². The van der Waals surface area contributed by atoms with Gasteiger partial charge >= 0.3 is 0 Å². The molecule has 0 bridgehead atoms. The topological polar surface area (TPSA) is 58.4 Å². The Morgan fingerprint density at radius 3 is 2.88 bits per heavy atom. The van der Waals surface area contributed by atoms with E-state index in [0.29, 0.717) is 5.92 Å². The van der Waals surface area contributed by atoms with Gasteiger partial charge < -0.3 is 15.0 Å². The molecule has 128 valence electrons. The number of rotatable bonds is 3. The highest BCUT2D eigenvalue weighted by Gasteiger charge is 2.67. The van der Waals surface area contributed by atoms with Crippen LogP contribution in [0, 0.1) is 31.1 Å². The number of carbonyl (C=O) groups excluding carboxylic acids is 1. The largest absolute Gasteiger partial charge is 0.344 e. The first-order chi connectivity index (χ1) is 11.3. The highest BCUT2D eigenvalue weighted by molar-refractivity contribution is 5.84. The Labute approximate surface area is 142 Å². The van der Waals surface area contributed by atoms with Gasteiger partial charge in [-0.1, -0.05) is 13.0 Å². The molecule has 2 aromatic heterocycles. The number of nitrogens with zero attached hydrogens (tertiary/aromatic N) is 2. The lowest BCUT2D eigenvalue weighted by Gasteiger charge is -2.26. The monoisotopic (exact) mass is 326 g/mol. The van der Waals surface area contributed by atoms with Crippen LogP contribution in [0.3, 0.4) is 0 Å². The lowest BCUT2D eigenvalue weighted by molar-refractivity contribution is -0.125. The zero-order valence-electron chi connectivity index (χ0n) is 15.1. The second kappa shape index (κ2) is 4.82. The minimum atomic E-state index is -0.511. The summed E-state index contributed by atoms with van der Waals surface area (Å²) in [5, 5.41) is 6.64. The van der Waals surface area contributed by atoms with Gasteiger partial charge in [-0.15, -0.1) is 0 Å².